The highest BCUT2D eigenvalue weighted by atomic mass is 16.5. The van der Waals surface area contributed by atoms with Gasteiger partial charge in [0, 0.05) is 24.2 Å². The molecule has 1 aliphatic rings. The summed E-state index contributed by atoms with van der Waals surface area (Å²) in [6, 6.07) is 12.1. The summed E-state index contributed by atoms with van der Waals surface area (Å²) in [6.45, 7) is 2.14. The van der Waals surface area contributed by atoms with Crippen molar-refractivity contribution < 1.29 is 4.74 Å². The van der Waals surface area contributed by atoms with Gasteiger partial charge in [-0.3, -0.25) is 4.98 Å². The predicted octanol–water partition coefficient (Wildman–Crippen LogP) is 3.76. The number of benzene rings is 1. The molecule has 2 N–H and O–H groups in total. The van der Waals surface area contributed by atoms with Crippen LogP contribution in [0.1, 0.15) is 24.3 Å². The number of ether oxygens (including phenoxy) is 1. The van der Waals surface area contributed by atoms with Crippen molar-refractivity contribution in [2.75, 3.05) is 25.5 Å². The molecule has 2 aromatic heterocycles. The summed E-state index contributed by atoms with van der Waals surface area (Å²) in [5, 5.41) is 6.70. The smallest absolute Gasteiger partial charge is 0.227 e. The molecule has 0 spiro atoms. The lowest BCUT2D eigenvalue weighted by Gasteiger charge is -2.24. The average Bonchev–Trinajstić information content (AvgIpc) is 2.75. The van der Waals surface area contributed by atoms with Crippen molar-refractivity contribution in [1.29, 1.82) is 0 Å². The largest absolute Gasteiger partial charge is 0.495 e. The number of methoxy groups -OCH3 is 1. The number of aromatic nitrogens is 3. The molecule has 27 heavy (non-hydrogen) atoms. The topological polar surface area (TPSA) is 72.0 Å². The number of nitrogens with one attached hydrogen (secondary N) is 2. The maximum Gasteiger partial charge on any atom is 0.227 e. The summed E-state index contributed by atoms with van der Waals surface area (Å²) in [6.07, 6.45) is 7.60. The van der Waals surface area contributed by atoms with Crippen molar-refractivity contribution >= 4 is 11.6 Å². The van der Waals surface area contributed by atoms with Gasteiger partial charge in [-0.15, -0.1) is 0 Å². The average molecular weight is 361 g/mol. The van der Waals surface area contributed by atoms with Crippen molar-refractivity contribution in [3.63, 3.8) is 0 Å². The lowest BCUT2D eigenvalue weighted by Crippen LogP contribution is -2.26. The Labute approximate surface area is 159 Å². The highest BCUT2D eigenvalue weighted by Crippen LogP contribution is 2.33. The van der Waals surface area contributed by atoms with E-state index in [4.69, 9.17) is 4.74 Å². The van der Waals surface area contributed by atoms with E-state index in [1.807, 2.05) is 18.2 Å². The lowest BCUT2D eigenvalue weighted by atomic mass is 9.90. The van der Waals surface area contributed by atoms with Crippen molar-refractivity contribution in [2.24, 2.45) is 0 Å². The van der Waals surface area contributed by atoms with E-state index in [2.05, 4.69) is 43.8 Å². The molecule has 0 saturated carbocycles. The van der Waals surface area contributed by atoms with Crippen LogP contribution in [0.5, 0.6) is 5.75 Å². The van der Waals surface area contributed by atoms with Crippen LogP contribution in [-0.4, -0.2) is 35.2 Å². The second-order valence-electron chi connectivity index (χ2n) is 6.62. The van der Waals surface area contributed by atoms with Crippen LogP contribution in [0.4, 0.5) is 11.6 Å². The summed E-state index contributed by atoms with van der Waals surface area (Å²) in [5.41, 5.74) is 3.96. The summed E-state index contributed by atoms with van der Waals surface area (Å²) < 4.78 is 5.62. The van der Waals surface area contributed by atoms with Gasteiger partial charge in [-0.2, -0.15) is 0 Å². The molecule has 138 valence electrons. The molecule has 0 bridgehead atoms. The zero-order valence-corrected chi connectivity index (χ0v) is 15.4. The van der Waals surface area contributed by atoms with E-state index < -0.39 is 0 Å². The minimum atomic E-state index is 0.532. The molecule has 3 heterocycles. The van der Waals surface area contributed by atoms with E-state index >= 15 is 0 Å². The predicted molar refractivity (Wildman–Crippen MR) is 106 cm³/mol. The first kappa shape index (κ1) is 17.4. The van der Waals surface area contributed by atoms with Crippen LogP contribution in [0.15, 0.2) is 55.0 Å². The first-order chi connectivity index (χ1) is 13.3. The van der Waals surface area contributed by atoms with E-state index in [1.54, 1.807) is 25.7 Å². The number of nitrogens with zero attached hydrogens (tertiary/aromatic N) is 3. The van der Waals surface area contributed by atoms with E-state index in [0.717, 1.165) is 48.6 Å². The van der Waals surface area contributed by atoms with Gasteiger partial charge in [0.15, 0.2) is 0 Å². The molecule has 1 aromatic carbocycles. The number of hydrogen-bond acceptors (Lipinski definition) is 6. The second kappa shape index (κ2) is 8.14. The van der Waals surface area contributed by atoms with Crippen LogP contribution < -0.4 is 15.4 Å². The zero-order valence-electron chi connectivity index (χ0n) is 15.4. The number of pyridine rings is 1. The molecule has 1 aliphatic heterocycles. The molecule has 0 amide bonds. The van der Waals surface area contributed by atoms with Gasteiger partial charge >= 0.3 is 0 Å². The standard InChI is InChI=1S/C21H23N5O/c1-27-20-13-16(15-6-10-22-11-7-15)4-5-19(20)26-21-24-12-8-18(25-21)17-3-2-9-23-14-17/h2-5,8-9,12-15,22H,6-7,10-11H2,1H3,(H,24,25,26). The van der Waals surface area contributed by atoms with Gasteiger partial charge in [0.1, 0.15) is 5.75 Å². The molecule has 4 rings (SSSR count). The minimum absolute atomic E-state index is 0.532. The molecule has 0 radical (unpaired) electrons. The Morgan fingerprint density at radius 3 is 2.78 bits per heavy atom. The molecule has 1 fully saturated rings. The normalized spacial score (nSPS) is 14.7. The Hall–Kier alpha value is -2.99. The van der Waals surface area contributed by atoms with E-state index in [1.165, 1.54) is 5.56 Å². The maximum absolute atomic E-state index is 5.62. The lowest BCUT2D eigenvalue weighted by molar-refractivity contribution is 0.413. The van der Waals surface area contributed by atoms with Gasteiger partial charge in [0.05, 0.1) is 18.5 Å². The van der Waals surface area contributed by atoms with Crippen LogP contribution in [0, 0.1) is 0 Å². The third kappa shape index (κ3) is 4.06. The molecule has 0 aliphatic carbocycles. The van der Waals surface area contributed by atoms with Crippen LogP contribution in [0.25, 0.3) is 11.3 Å². The molecular weight excluding hydrogens is 338 g/mol. The Balaban J connectivity index is 1.57. The van der Waals surface area contributed by atoms with Gasteiger partial charge in [-0.05, 0) is 67.7 Å². The van der Waals surface area contributed by atoms with Crippen LogP contribution in [0.2, 0.25) is 0 Å². The molecule has 6 nitrogen and oxygen atoms in total. The van der Waals surface area contributed by atoms with Crippen LogP contribution in [0.3, 0.4) is 0 Å². The van der Waals surface area contributed by atoms with E-state index in [-0.39, 0.29) is 0 Å². The third-order valence-electron chi connectivity index (χ3n) is 4.90. The SMILES string of the molecule is COc1cc(C2CCNCC2)ccc1Nc1nccc(-c2cccnc2)n1. The van der Waals surface area contributed by atoms with E-state index in [0.29, 0.717) is 11.9 Å². The molecular formula is C21H23N5O. The highest BCUT2D eigenvalue weighted by molar-refractivity contribution is 5.65. The monoisotopic (exact) mass is 361 g/mol. The van der Waals surface area contributed by atoms with Crippen LogP contribution in [-0.2, 0) is 0 Å². The van der Waals surface area contributed by atoms with Crippen molar-refractivity contribution in [2.45, 2.75) is 18.8 Å². The number of hydrogen-bond donors (Lipinski definition) is 2. The van der Waals surface area contributed by atoms with Gasteiger partial charge in [0.25, 0.3) is 0 Å². The first-order valence-corrected chi connectivity index (χ1v) is 9.22. The number of piperidine rings is 1. The Kier molecular flexibility index (Phi) is 5.25. The summed E-state index contributed by atoms with van der Waals surface area (Å²) >= 11 is 0. The fraction of sp³-hybridized carbons (Fsp3) is 0.286. The number of anilines is 2. The quantitative estimate of drug-likeness (QED) is 0.721. The number of rotatable bonds is 5. The van der Waals surface area contributed by atoms with Gasteiger partial charge in [0.2, 0.25) is 5.95 Å². The zero-order chi connectivity index (χ0) is 18.5. The Morgan fingerprint density at radius 1 is 1.11 bits per heavy atom. The summed E-state index contributed by atoms with van der Waals surface area (Å²) in [4.78, 5) is 13.1. The Morgan fingerprint density at radius 2 is 2.00 bits per heavy atom. The van der Waals surface area contributed by atoms with Crippen molar-refractivity contribution in [3.8, 4) is 17.0 Å². The summed E-state index contributed by atoms with van der Waals surface area (Å²) in [5.74, 6) is 1.92. The van der Waals surface area contributed by atoms with Gasteiger partial charge in [-0.25, -0.2) is 9.97 Å². The molecule has 0 unspecified atom stereocenters. The van der Waals surface area contributed by atoms with Crippen LogP contribution >= 0.6 is 0 Å². The molecule has 3 aromatic rings. The van der Waals surface area contributed by atoms with Gasteiger partial charge < -0.3 is 15.4 Å². The van der Waals surface area contributed by atoms with Gasteiger partial charge in [-0.1, -0.05) is 6.07 Å². The first-order valence-electron chi connectivity index (χ1n) is 9.22. The highest BCUT2D eigenvalue weighted by Gasteiger charge is 2.17. The fourth-order valence-electron chi connectivity index (χ4n) is 3.43. The maximum atomic E-state index is 5.62. The Bertz CT molecular complexity index is 894. The van der Waals surface area contributed by atoms with E-state index in [9.17, 15) is 0 Å². The second-order valence-corrected chi connectivity index (χ2v) is 6.62. The minimum Gasteiger partial charge on any atom is -0.495 e. The molecule has 0 atom stereocenters. The molecule has 1 saturated heterocycles. The summed E-state index contributed by atoms with van der Waals surface area (Å²) in [7, 11) is 1.69. The van der Waals surface area contributed by atoms with Crippen molar-refractivity contribution in [3.05, 3.63) is 60.6 Å². The molecule has 6 heteroatoms. The van der Waals surface area contributed by atoms with Crippen molar-refractivity contribution in [1.82, 2.24) is 20.3 Å². The third-order valence-corrected chi connectivity index (χ3v) is 4.90. The fourth-order valence-corrected chi connectivity index (χ4v) is 3.43.